The van der Waals surface area contributed by atoms with Crippen molar-refractivity contribution in [3.8, 4) is 0 Å². The maximum atomic E-state index is 13.4. The van der Waals surface area contributed by atoms with E-state index in [1.165, 1.54) is 0 Å². The van der Waals surface area contributed by atoms with E-state index in [9.17, 15) is 9.59 Å². The average molecular weight is 413 g/mol. The fourth-order valence-electron chi connectivity index (χ4n) is 4.27. The van der Waals surface area contributed by atoms with Gasteiger partial charge >= 0.3 is 5.69 Å². The lowest BCUT2D eigenvalue weighted by Crippen LogP contribution is -2.32. The summed E-state index contributed by atoms with van der Waals surface area (Å²) in [5.41, 5.74) is 3.89. The molecule has 0 N–H and O–H groups in total. The molecule has 0 spiro atoms. The Morgan fingerprint density at radius 3 is 2.68 bits per heavy atom. The lowest BCUT2D eigenvalue weighted by Gasteiger charge is -2.17. The Morgan fingerprint density at radius 1 is 1.06 bits per heavy atom. The molecule has 0 radical (unpaired) electrons. The van der Waals surface area contributed by atoms with Crippen molar-refractivity contribution in [2.45, 2.75) is 25.9 Å². The number of hydrogen-bond acceptors (Lipinski definition) is 4. The van der Waals surface area contributed by atoms with Crippen molar-refractivity contribution in [1.29, 1.82) is 0 Å². The van der Waals surface area contributed by atoms with Crippen LogP contribution in [0.5, 0.6) is 0 Å². The van der Waals surface area contributed by atoms with Gasteiger partial charge in [0, 0.05) is 31.2 Å². The number of hydrogen-bond donors (Lipinski definition) is 0. The third-order valence-corrected chi connectivity index (χ3v) is 5.88. The van der Waals surface area contributed by atoms with E-state index in [2.05, 4.69) is 9.97 Å². The zero-order valence-corrected chi connectivity index (χ0v) is 17.3. The fourth-order valence-corrected chi connectivity index (χ4v) is 4.27. The summed E-state index contributed by atoms with van der Waals surface area (Å²) in [5, 5.41) is 0. The van der Waals surface area contributed by atoms with Crippen LogP contribution in [0.4, 0.5) is 0 Å². The molecular weight excluding hydrogens is 390 g/mol. The molecule has 5 rings (SSSR count). The summed E-state index contributed by atoms with van der Waals surface area (Å²) in [6, 6.07) is 17.2. The summed E-state index contributed by atoms with van der Waals surface area (Å²) >= 11 is 0. The predicted octanol–water partition coefficient (Wildman–Crippen LogP) is 3.04. The van der Waals surface area contributed by atoms with E-state index >= 15 is 0 Å². The largest absolute Gasteiger partial charge is 0.336 e. The highest BCUT2D eigenvalue weighted by Gasteiger charge is 2.31. The zero-order valence-electron chi connectivity index (χ0n) is 17.3. The number of likely N-dealkylation sites (tertiary alicyclic amines) is 1. The maximum absolute atomic E-state index is 13.4. The lowest BCUT2D eigenvalue weighted by molar-refractivity contribution is 0.0787. The van der Waals surface area contributed by atoms with E-state index in [0.29, 0.717) is 37.3 Å². The molecule has 1 aromatic carbocycles. The van der Waals surface area contributed by atoms with Crippen molar-refractivity contribution in [2.24, 2.45) is 0 Å². The van der Waals surface area contributed by atoms with E-state index in [0.717, 1.165) is 16.8 Å². The Kier molecular flexibility index (Phi) is 4.86. The zero-order chi connectivity index (χ0) is 21.4. The molecule has 1 saturated heterocycles. The molecule has 0 aliphatic carbocycles. The Hall–Kier alpha value is -3.74. The first-order valence-corrected chi connectivity index (χ1v) is 10.4. The molecule has 1 aliphatic heterocycles. The van der Waals surface area contributed by atoms with Gasteiger partial charge in [0.2, 0.25) is 0 Å². The topological polar surface area (TPSA) is 73.0 Å². The van der Waals surface area contributed by atoms with Crippen LogP contribution in [0.15, 0.2) is 71.8 Å². The van der Waals surface area contributed by atoms with Gasteiger partial charge in [-0.1, -0.05) is 30.3 Å². The number of carbonyl (C=O) groups excluding carboxylic acids is 1. The number of rotatable bonds is 4. The Balaban J connectivity index is 1.47. The Bertz CT molecular complexity index is 1290. The number of imidazole rings is 1. The smallest absolute Gasteiger partial charge is 0.330 e. The van der Waals surface area contributed by atoms with E-state index in [4.69, 9.17) is 0 Å². The number of pyridine rings is 2. The van der Waals surface area contributed by atoms with E-state index in [1.54, 1.807) is 32.5 Å². The highest BCUT2D eigenvalue weighted by molar-refractivity contribution is 5.94. The van der Waals surface area contributed by atoms with Gasteiger partial charge in [-0.05, 0) is 43.2 Å². The summed E-state index contributed by atoms with van der Waals surface area (Å²) in [6.45, 7) is 3.46. The van der Waals surface area contributed by atoms with Crippen LogP contribution in [0.2, 0.25) is 0 Å². The third kappa shape index (κ3) is 3.52. The second-order valence-electron chi connectivity index (χ2n) is 7.95. The average Bonchev–Trinajstić information content (AvgIpc) is 3.38. The molecule has 1 aliphatic rings. The van der Waals surface area contributed by atoms with Crippen LogP contribution in [-0.4, -0.2) is 43.0 Å². The van der Waals surface area contributed by atoms with Gasteiger partial charge in [0.1, 0.15) is 0 Å². The van der Waals surface area contributed by atoms with Crippen LogP contribution >= 0.6 is 0 Å². The summed E-state index contributed by atoms with van der Waals surface area (Å²) in [7, 11) is 0. The fraction of sp³-hybridized carbons (Fsp3) is 0.250. The first-order chi connectivity index (χ1) is 15.1. The summed E-state index contributed by atoms with van der Waals surface area (Å²) < 4.78 is 3.53. The molecule has 7 heteroatoms. The highest BCUT2D eigenvalue weighted by Crippen LogP contribution is 2.25. The minimum Gasteiger partial charge on any atom is -0.336 e. The van der Waals surface area contributed by atoms with Crippen molar-refractivity contribution < 1.29 is 4.79 Å². The first-order valence-electron chi connectivity index (χ1n) is 10.4. The molecule has 7 nitrogen and oxygen atoms in total. The molecule has 156 valence electrons. The number of benzene rings is 1. The van der Waals surface area contributed by atoms with Gasteiger partial charge in [0.15, 0.2) is 5.65 Å². The van der Waals surface area contributed by atoms with Crippen molar-refractivity contribution >= 4 is 17.1 Å². The minimum absolute atomic E-state index is 0.0518. The lowest BCUT2D eigenvalue weighted by atomic mass is 10.2. The van der Waals surface area contributed by atoms with Gasteiger partial charge in [0.25, 0.3) is 5.91 Å². The second-order valence-corrected chi connectivity index (χ2v) is 7.95. The van der Waals surface area contributed by atoms with Gasteiger partial charge < -0.3 is 4.90 Å². The van der Waals surface area contributed by atoms with Crippen LogP contribution in [0.25, 0.3) is 11.2 Å². The second kappa shape index (κ2) is 7.83. The van der Waals surface area contributed by atoms with Crippen LogP contribution < -0.4 is 5.69 Å². The first kappa shape index (κ1) is 19.2. The van der Waals surface area contributed by atoms with E-state index in [-0.39, 0.29) is 17.6 Å². The van der Waals surface area contributed by atoms with Gasteiger partial charge in [0.05, 0.1) is 23.7 Å². The van der Waals surface area contributed by atoms with Crippen LogP contribution in [-0.2, 0) is 6.54 Å². The molecule has 4 heterocycles. The Labute approximate surface area is 179 Å². The summed E-state index contributed by atoms with van der Waals surface area (Å²) in [6.07, 6.45) is 4.04. The number of carbonyl (C=O) groups is 1. The van der Waals surface area contributed by atoms with Crippen molar-refractivity contribution in [2.75, 3.05) is 13.1 Å². The number of nitrogens with zero attached hydrogens (tertiary/aromatic N) is 5. The van der Waals surface area contributed by atoms with Crippen LogP contribution in [0.3, 0.4) is 0 Å². The monoisotopic (exact) mass is 413 g/mol. The maximum Gasteiger partial charge on any atom is 0.330 e. The van der Waals surface area contributed by atoms with Crippen molar-refractivity contribution in [1.82, 2.24) is 24.0 Å². The van der Waals surface area contributed by atoms with Gasteiger partial charge in [-0.25, -0.2) is 9.78 Å². The molecule has 1 fully saturated rings. The number of aromatic nitrogens is 4. The van der Waals surface area contributed by atoms with E-state index < -0.39 is 0 Å². The molecule has 1 atom stereocenters. The quantitative estimate of drug-likeness (QED) is 0.516. The van der Waals surface area contributed by atoms with Gasteiger partial charge in [-0.3, -0.25) is 18.9 Å². The standard InChI is InChI=1S/C24H23N5O2/c1-17-9-10-19(14-26-17)23(30)27-13-11-20(16-27)29-22-21(8-5-12-25-22)28(24(29)31)15-18-6-3-2-4-7-18/h2-10,12,14,20H,11,13,15-16H2,1H3/t20-/m1/s1. The molecule has 0 saturated carbocycles. The van der Waals surface area contributed by atoms with Gasteiger partial charge in [-0.2, -0.15) is 0 Å². The van der Waals surface area contributed by atoms with Crippen molar-refractivity contribution in [3.63, 3.8) is 0 Å². The summed E-state index contributed by atoms with van der Waals surface area (Å²) in [5.74, 6) is -0.0518. The molecule has 1 amide bonds. The van der Waals surface area contributed by atoms with Crippen LogP contribution in [0.1, 0.15) is 34.1 Å². The van der Waals surface area contributed by atoms with Crippen molar-refractivity contribution in [3.05, 3.63) is 94.3 Å². The number of aryl methyl sites for hydroxylation is 1. The van der Waals surface area contributed by atoms with Gasteiger partial charge in [-0.15, -0.1) is 0 Å². The summed E-state index contributed by atoms with van der Waals surface area (Å²) in [4.78, 5) is 36.9. The predicted molar refractivity (Wildman–Crippen MR) is 118 cm³/mol. The molecule has 3 aromatic heterocycles. The van der Waals surface area contributed by atoms with E-state index in [1.807, 2.05) is 55.5 Å². The highest BCUT2D eigenvalue weighted by atomic mass is 16.2. The molecular formula is C24H23N5O2. The normalized spacial score (nSPS) is 16.2. The molecule has 0 bridgehead atoms. The Morgan fingerprint density at radius 2 is 1.90 bits per heavy atom. The third-order valence-electron chi connectivity index (χ3n) is 5.88. The van der Waals surface area contributed by atoms with Crippen LogP contribution in [0, 0.1) is 6.92 Å². The number of amides is 1. The SMILES string of the molecule is Cc1ccc(C(=O)N2CC[C@@H](n3c(=O)n(Cc4ccccc4)c4cccnc43)C2)cn1. The molecule has 0 unspecified atom stereocenters. The minimum atomic E-state index is -0.107. The number of fused-ring (bicyclic) bond motifs is 1. The molecule has 31 heavy (non-hydrogen) atoms. The molecule has 4 aromatic rings.